The third kappa shape index (κ3) is 5.25. The van der Waals surface area contributed by atoms with Gasteiger partial charge in [-0.1, -0.05) is 36.9 Å². The predicted molar refractivity (Wildman–Crippen MR) is 140 cm³/mol. The normalized spacial score (nSPS) is 23.4. The molecule has 8 heteroatoms. The van der Waals surface area contributed by atoms with E-state index in [1.54, 1.807) is 16.4 Å². The third-order valence-corrected chi connectivity index (χ3v) is 9.45. The molecule has 7 nitrogen and oxygen atoms in total. The van der Waals surface area contributed by atoms with E-state index in [0.29, 0.717) is 24.3 Å². The molecule has 0 bridgehead atoms. The SMILES string of the molecule is C=CC(=O)NC1CC(C)(C)N(S(=O)(=O)c2ccc(C(=O)N[C@@H]3CC3c3ccccc3)cc2)C(C)(C)C1. The lowest BCUT2D eigenvalue weighted by molar-refractivity contribution is -0.118. The second kappa shape index (κ2) is 9.48. The number of rotatable bonds is 7. The average molecular weight is 510 g/mol. The number of carbonyl (C=O) groups excluding carboxylic acids is 2. The van der Waals surface area contributed by atoms with Crippen molar-refractivity contribution in [2.24, 2.45) is 0 Å². The zero-order chi connectivity index (χ0) is 26.3. The summed E-state index contributed by atoms with van der Waals surface area (Å²) in [5.41, 5.74) is 0.154. The number of hydrogen-bond acceptors (Lipinski definition) is 4. The van der Waals surface area contributed by atoms with Crippen LogP contribution in [0.15, 0.2) is 72.1 Å². The summed E-state index contributed by atoms with van der Waals surface area (Å²) in [7, 11) is -3.86. The molecule has 1 unspecified atom stereocenters. The lowest BCUT2D eigenvalue weighted by atomic mass is 9.79. The molecule has 0 spiro atoms. The van der Waals surface area contributed by atoms with Gasteiger partial charge in [-0.25, -0.2) is 8.42 Å². The van der Waals surface area contributed by atoms with Crippen molar-refractivity contribution in [1.82, 2.24) is 14.9 Å². The van der Waals surface area contributed by atoms with Gasteiger partial charge in [0.15, 0.2) is 0 Å². The topological polar surface area (TPSA) is 95.6 Å². The van der Waals surface area contributed by atoms with E-state index in [2.05, 4.69) is 29.3 Å². The molecule has 4 rings (SSSR count). The van der Waals surface area contributed by atoms with Crippen molar-refractivity contribution in [2.75, 3.05) is 0 Å². The van der Waals surface area contributed by atoms with Gasteiger partial charge in [0, 0.05) is 34.6 Å². The number of piperidine rings is 1. The van der Waals surface area contributed by atoms with Crippen LogP contribution in [0.2, 0.25) is 0 Å². The molecule has 0 radical (unpaired) electrons. The fourth-order valence-corrected chi connectivity index (χ4v) is 7.98. The Morgan fingerprint density at radius 2 is 1.53 bits per heavy atom. The van der Waals surface area contributed by atoms with E-state index in [4.69, 9.17) is 0 Å². The number of sulfonamides is 1. The van der Waals surface area contributed by atoms with E-state index >= 15 is 0 Å². The zero-order valence-electron chi connectivity index (χ0n) is 21.3. The van der Waals surface area contributed by atoms with Gasteiger partial charge in [0.1, 0.15) is 0 Å². The first-order valence-electron chi connectivity index (χ1n) is 12.3. The molecule has 2 aliphatic rings. The maximum Gasteiger partial charge on any atom is 0.251 e. The van der Waals surface area contributed by atoms with Crippen molar-refractivity contribution in [2.45, 2.75) is 80.9 Å². The first-order valence-corrected chi connectivity index (χ1v) is 13.7. The van der Waals surface area contributed by atoms with Gasteiger partial charge in [0.05, 0.1) is 4.90 Å². The predicted octanol–water partition coefficient (Wildman–Crippen LogP) is 3.99. The largest absolute Gasteiger partial charge is 0.350 e. The van der Waals surface area contributed by atoms with Gasteiger partial charge in [0.2, 0.25) is 15.9 Å². The highest BCUT2D eigenvalue weighted by Crippen LogP contribution is 2.43. The summed E-state index contributed by atoms with van der Waals surface area (Å²) in [5.74, 6) is -0.154. The average Bonchev–Trinajstić information content (AvgIpc) is 3.56. The lowest BCUT2D eigenvalue weighted by Gasteiger charge is -2.53. The fraction of sp³-hybridized carbons (Fsp3) is 0.429. The first kappa shape index (κ1) is 26.1. The van der Waals surface area contributed by atoms with Crippen LogP contribution >= 0.6 is 0 Å². The van der Waals surface area contributed by atoms with Crippen LogP contribution in [0.3, 0.4) is 0 Å². The van der Waals surface area contributed by atoms with Crippen molar-refractivity contribution in [3.63, 3.8) is 0 Å². The molecule has 36 heavy (non-hydrogen) atoms. The number of nitrogens with zero attached hydrogens (tertiary/aromatic N) is 1. The Morgan fingerprint density at radius 1 is 0.944 bits per heavy atom. The monoisotopic (exact) mass is 509 g/mol. The number of benzene rings is 2. The van der Waals surface area contributed by atoms with Gasteiger partial charge >= 0.3 is 0 Å². The first-order chi connectivity index (χ1) is 16.8. The van der Waals surface area contributed by atoms with E-state index in [0.717, 1.165) is 6.42 Å². The van der Waals surface area contributed by atoms with Gasteiger partial charge in [-0.05, 0) is 82.9 Å². The van der Waals surface area contributed by atoms with E-state index in [1.165, 1.54) is 23.8 Å². The molecular formula is C28H35N3O4S. The molecule has 2 N–H and O–H groups in total. The Balaban J connectivity index is 1.48. The van der Waals surface area contributed by atoms with Gasteiger partial charge < -0.3 is 10.6 Å². The lowest BCUT2D eigenvalue weighted by Crippen LogP contribution is -2.65. The number of amides is 2. The maximum atomic E-state index is 13.8. The summed E-state index contributed by atoms with van der Waals surface area (Å²) in [6.45, 7) is 11.0. The van der Waals surface area contributed by atoms with Crippen molar-refractivity contribution in [1.29, 1.82) is 0 Å². The quantitative estimate of drug-likeness (QED) is 0.552. The number of hydrogen-bond donors (Lipinski definition) is 2. The molecule has 2 atom stereocenters. The molecule has 1 saturated heterocycles. The summed E-state index contributed by atoms with van der Waals surface area (Å²) in [6, 6.07) is 16.2. The van der Waals surface area contributed by atoms with E-state index in [1.807, 2.05) is 45.9 Å². The highest BCUT2D eigenvalue weighted by atomic mass is 32.2. The molecule has 1 heterocycles. The number of carbonyl (C=O) groups is 2. The van der Waals surface area contributed by atoms with Gasteiger partial charge in [-0.2, -0.15) is 4.31 Å². The van der Waals surface area contributed by atoms with Gasteiger partial charge in [-0.15, -0.1) is 0 Å². The van der Waals surface area contributed by atoms with Crippen LogP contribution in [0.5, 0.6) is 0 Å². The molecule has 2 fully saturated rings. The van der Waals surface area contributed by atoms with Crippen molar-refractivity contribution >= 4 is 21.8 Å². The minimum absolute atomic E-state index is 0.0905. The van der Waals surface area contributed by atoms with Crippen LogP contribution in [0.4, 0.5) is 0 Å². The molecule has 1 aliphatic heterocycles. The molecule has 2 amide bonds. The summed E-state index contributed by atoms with van der Waals surface area (Å²) < 4.78 is 29.1. The van der Waals surface area contributed by atoms with Gasteiger partial charge in [-0.3, -0.25) is 9.59 Å². The highest BCUT2D eigenvalue weighted by molar-refractivity contribution is 7.89. The standard InChI is InChI=1S/C28H35N3O4S/c1-6-25(32)29-21-17-27(2,3)31(28(4,5)18-21)36(34,35)22-14-12-20(13-15-22)26(33)30-24-16-23(24)19-10-8-7-9-11-19/h6-15,21,23-24H,1,16-18H2,2-5H3,(H,29,32)(H,30,33)/t23?,24-/m1/s1. The molecule has 2 aromatic rings. The number of nitrogens with one attached hydrogen (secondary N) is 2. The maximum absolute atomic E-state index is 13.8. The summed E-state index contributed by atoms with van der Waals surface area (Å²) >= 11 is 0. The van der Waals surface area contributed by atoms with Crippen LogP contribution < -0.4 is 10.6 Å². The molecule has 1 aliphatic carbocycles. The van der Waals surface area contributed by atoms with Crippen LogP contribution in [0.1, 0.15) is 68.8 Å². The van der Waals surface area contributed by atoms with Gasteiger partial charge in [0.25, 0.3) is 5.91 Å². The van der Waals surface area contributed by atoms with E-state index in [-0.39, 0.29) is 28.8 Å². The minimum Gasteiger partial charge on any atom is -0.350 e. The molecule has 192 valence electrons. The summed E-state index contributed by atoms with van der Waals surface area (Å²) in [5, 5.41) is 5.97. The molecule has 1 saturated carbocycles. The Kier molecular flexibility index (Phi) is 6.88. The second-order valence-electron chi connectivity index (χ2n) is 11.1. The second-order valence-corrected chi connectivity index (χ2v) is 12.9. The van der Waals surface area contributed by atoms with E-state index in [9.17, 15) is 18.0 Å². The zero-order valence-corrected chi connectivity index (χ0v) is 22.1. The van der Waals surface area contributed by atoms with Crippen LogP contribution in [-0.2, 0) is 14.8 Å². The van der Waals surface area contributed by atoms with Crippen LogP contribution in [0, 0.1) is 0 Å². The van der Waals surface area contributed by atoms with Crippen LogP contribution in [-0.4, -0.2) is 47.7 Å². The molecule has 2 aromatic carbocycles. The van der Waals surface area contributed by atoms with E-state index < -0.39 is 21.1 Å². The molecule has 0 aromatic heterocycles. The minimum atomic E-state index is -3.86. The Morgan fingerprint density at radius 3 is 2.08 bits per heavy atom. The van der Waals surface area contributed by atoms with Crippen molar-refractivity contribution in [3.8, 4) is 0 Å². The molecular weight excluding hydrogens is 474 g/mol. The van der Waals surface area contributed by atoms with Crippen molar-refractivity contribution < 1.29 is 18.0 Å². The Hall–Kier alpha value is -2.97. The van der Waals surface area contributed by atoms with Crippen LogP contribution in [0.25, 0.3) is 0 Å². The third-order valence-electron chi connectivity index (χ3n) is 7.11. The Bertz CT molecular complexity index is 1240. The van der Waals surface area contributed by atoms with Crippen molar-refractivity contribution in [3.05, 3.63) is 78.4 Å². The summed E-state index contributed by atoms with van der Waals surface area (Å²) in [4.78, 5) is 24.8. The highest BCUT2D eigenvalue weighted by Gasteiger charge is 2.52. The smallest absolute Gasteiger partial charge is 0.251 e. The Labute approximate surface area is 214 Å². The fourth-order valence-electron chi connectivity index (χ4n) is 5.83. The summed E-state index contributed by atoms with van der Waals surface area (Å²) in [6.07, 6.45) is 3.07.